The molecule has 2 fully saturated rings. The summed E-state index contributed by atoms with van der Waals surface area (Å²) in [7, 11) is -3.08. The fraction of sp³-hybridized carbons (Fsp3) is 0.529. The zero-order valence-corrected chi connectivity index (χ0v) is 16.0. The van der Waals surface area contributed by atoms with E-state index in [-0.39, 0.29) is 28.7 Å². The van der Waals surface area contributed by atoms with Gasteiger partial charge in [0.2, 0.25) is 5.91 Å². The highest BCUT2D eigenvalue weighted by Crippen LogP contribution is 2.43. The lowest BCUT2D eigenvalue weighted by atomic mass is 10.2. The number of aliphatic imine (C=N–C) groups is 1. The molecule has 3 aliphatic heterocycles. The van der Waals surface area contributed by atoms with Crippen LogP contribution in [0, 0.1) is 0 Å². The summed E-state index contributed by atoms with van der Waals surface area (Å²) in [6.45, 7) is 2.91. The maximum Gasteiger partial charge on any atom is 0.248 e. The lowest BCUT2D eigenvalue weighted by Crippen LogP contribution is -2.37. The Morgan fingerprint density at radius 1 is 1.27 bits per heavy atom. The van der Waals surface area contributed by atoms with E-state index < -0.39 is 9.84 Å². The molecule has 0 unspecified atom stereocenters. The van der Waals surface area contributed by atoms with Crippen LogP contribution in [0.3, 0.4) is 0 Å². The second-order valence-electron chi connectivity index (χ2n) is 6.54. The molecule has 7 nitrogen and oxygen atoms in total. The van der Waals surface area contributed by atoms with Crippen molar-refractivity contribution in [1.29, 1.82) is 0 Å². The van der Waals surface area contributed by atoms with Crippen LogP contribution in [0.1, 0.15) is 19.8 Å². The summed E-state index contributed by atoms with van der Waals surface area (Å²) < 4.78 is 35.4. The number of thioether (sulfide) groups is 1. The maximum atomic E-state index is 12.1. The normalized spacial score (nSPS) is 27.6. The molecule has 1 aromatic carbocycles. The summed E-state index contributed by atoms with van der Waals surface area (Å²) in [6, 6.07) is 5.29. The molecule has 4 rings (SSSR count). The van der Waals surface area contributed by atoms with Crippen LogP contribution in [0.25, 0.3) is 0 Å². The molecule has 0 aliphatic carbocycles. The van der Waals surface area contributed by atoms with Crippen LogP contribution in [-0.4, -0.2) is 55.5 Å². The Hall–Kier alpha value is -1.74. The minimum absolute atomic E-state index is 0.0695. The Bertz CT molecular complexity index is 868. The van der Waals surface area contributed by atoms with Crippen molar-refractivity contribution in [2.24, 2.45) is 4.99 Å². The second-order valence-corrected chi connectivity index (χ2v) is 9.90. The summed E-state index contributed by atoms with van der Waals surface area (Å²) in [5.41, 5.74) is 0.773. The molecular formula is C17H20N2O5S2. The van der Waals surface area contributed by atoms with Gasteiger partial charge in [0.15, 0.2) is 26.5 Å². The molecule has 3 heterocycles. The first-order valence-electron chi connectivity index (χ1n) is 8.64. The van der Waals surface area contributed by atoms with Crippen molar-refractivity contribution in [3.63, 3.8) is 0 Å². The Morgan fingerprint density at radius 3 is 2.81 bits per heavy atom. The molecule has 0 bridgehead atoms. The number of benzene rings is 1. The number of ether oxygens (including phenoxy) is 2. The number of hydrogen-bond acceptors (Lipinski definition) is 6. The Balaban J connectivity index is 1.72. The fourth-order valence-corrected chi connectivity index (χ4v) is 7.36. The Morgan fingerprint density at radius 2 is 2.04 bits per heavy atom. The van der Waals surface area contributed by atoms with Crippen molar-refractivity contribution < 1.29 is 22.7 Å². The standard InChI is InChI=1S/C17H20N2O5S2/c1-2-3-16(20)18-17-19(12-9-26(21,22)10-15(12)25-17)11-4-5-13-14(8-11)24-7-6-23-13/h4-5,8,12,15H,2-3,6-7,9-10H2,1H3/t12-,15+/m0/s1. The zero-order valence-electron chi connectivity index (χ0n) is 14.4. The molecule has 9 heteroatoms. The van der Waals surface area contributed by atoms with Crippen LogP contribution in [0.15, 0.2) is 23.2 Å². The molecule has 1 aromatic rings. The Kier molecular flexibility index (Phi) is 4.60. The van der Waals surface area contributed by atoms with Crippen molar-refractivity contribution >= 4 is 38.4 Å². The first kappa shape index (κ1) is 17.7. The molecule has 0 aromatic heterocycles. The first-order valence-corrected chi connectivity index (χ1v) is 11.3. The third-order valence-corrected chi connectivity index (χ3v) is 7.76. The smallest absolute Gasteiger partial charge is 0.248 e. The van der Waals surface area contributed by atoms with E-state index >= 15 is 0 Å². The summed E-state index contributed by atoms with van der Waals surface area (Å²) in [5, 5.41) is 0.464. The average molecular weight is 396 g/mol. The monoisotopic (exact) mass is 396 g/mol. The molecule has 0 N–H and O–H groups in total. The molecule has 0 saturated carbocycles. The molecule has 3 aliphatic rings. The number of sulfone groups is 1. The van der Waals surface area contributed by atoms with Gasteiger partial charge in [-0.2, -0.15) is 4.99 Å². The average Bonchev–Trinajstić information content (AvgIpc) is 3.05. The molecule has 26 heavy (non-hydrogen) atoms. The van der Waals surface area contributed by atoms with Crippen molar-refractivity contribution in [2.75, 3.05) is 29.6 Å². The lowest BCUT2D eigenvalue weighted by molar-refractivity contribution is -0.117. The number of nitrogens with zero attached hydrogens (tertiary/aromatic N) is 2. The van der Waals surface area contributed by atoms with Gasteiger partial charge in [-0.3, -0.25) is 4.79 Å². The highest BCUT2D eigenvalue weighted by Gasteiger charge is 2.49. The predicted molar refractivity (Wildman–Crippen MR) is 101 cm³/mol. The second kappa shape index (κ2) is 6.77. The van der Waals surface area contributed by atoms with Gasteiger partial charge < -0.3 is 14.4 Å². The zero-order chi connectivity index (χ0) is 18.3. The van der Waals surface area contributed by atoms with Gasteiger partial charge in [-0.15, -0.1) is 0 Å². The van der Waals surface area contributed by atoms with Crippen LogP contribution in [-0.2, 0) is 14.6 Å². The molecule has 1 amide bonds. The van der Waals surface area contributed by atoms with E-state index in [9.17, 15) is 13.2 Å². The third kappa shape index (κ3) is 3.29. The van der Waals surface area contributed by atoms with Crippen LogP contribution in [0.2, 0.25) is 0 Å². The number of amides is 1. The maximum absolute atomic E-state index is 12.1. The SMILES string of the molecule is CCCC(=O)N=C1S[C@@H]2CS(=O)(=O)C[C@@H]2N1c1ccc2c(c1)OCCO2. The van der Waals surface area contributed by atoms with E-state index in [1.807, 2.05) is 30.0 Å². The van der Waals surface area contributed by atoms with Crippen LogP contribution in [0.5, 0.6) is 11.5 Å². The van der Waals surface area contributed by atoms with Crippen LogP contribution in [0.4, 0.5) is 5.69 Å². The van der Waals surface area contributed by atoms with E-state index in [2.05, 4.69) is 4.99 Å². The summed E-state index contributed by atoms with van der Waals surface area (Å²) in [6.07, 6.45) is 1.11. The number of hydrogen-bond donors (Lipinski definition) is 0. The van der Waals surface area contributed by atoms with E-state index in [1.54, 1.807) is 0 Å². The molecule has 0 spiro atoms. The predicted octanol–water partition coefficient (Wildman–Crippen LogP) is 1.86. The Labute approximate surface area is 156 Å². The highest BCUT2D eigenvalue weighted by molar-refractivity contribution is 8.16. The van der Waals surface area contributed by atoms with Gasteiger partial charge in [0.05, 0.1) is 17.5 Å². The number of rotatable bonds is 3. The van der Waals surface area contributed by atoms with Gasteiger partial charge in [-0.05, 0) is 18.6 Å². The topological polar surface area (TPSA) is 85.3 Å². The third-order valence-electron chi connectivity index (χ3n) is 4.55. The van der Waals surface area contributed by atoms with E-state index in [1.165, 1.54) is 11.8 Å². The van der Waals surface area contributed by atoms with Gasteiger partial charge in [0.1, 0.15) is 13.2 Å². The quantitative estimate of drug-likeness (QED) is 0.771. The fourth-order valence-electron chi connectivity index (χ4n) is 3.42. The summed E-state index contributed by atoms with van der Waals surface area (Å²) in [4.78, 5) is 18.2. The number of anilines is 1. The van der Waals surface area contributed by atoms with Crippen LogP contribution < -0.4 is 14.4 Å². The number of carbonyl (C=O) groups is 1. The number of fused-ring (bicyclic) bond motifs is 2. The van der Waals surface area contributed by atoms with Crippen molar-refractivity contribution in [3.05, 3.63) is 18.2 Å². The molecule has 2 saturated heterocycles. The summed E-state index contributed by atoms with van der Waals surface area (Å²) in [5.74, 6) is 1.30. The van der Waals surface area contributed by atoms with Gasteiger partial charge in [0.25, 0.3) is 0 Å². The van der Waals surface area contributed by atoms with Crippen LogP contribution >= 0.6 is 11.8 Å². The minimum atomic E-state index is -3.08. The van der Waals surface area contributed by atoms with E-state index in [4.69, 9.17) is 9.47 Å². The molecule has 140 valence electrons. The molecule has 2 atom stereocenters. The van der Waals surface area contributed by atoms with Crippen molar-refractivity contribution in [1.82, 2.24) is 0 Å². The molecular weight excluding hydrogens is 376 g/mol. The van der Waals surface area contributed by atoms with E-state index in [0.29, 0.717) is 36.3 Å². The van der Waals surface area contributed by atoms with Gasteiger partial charge >= 0.3 is 0 Å². The van der Waals surface area contributed by atoms with E-state index in [0.717, 1.165) is 12.1 Å². The number of carbonyl (C=O) groups excluding carboxylic acids is 1. The van der Waals surface area contributed by atoms with Gasteiger partial charge in [-0.25, -0.2) is 8.42 Å². The van der Waals surface area contributed by atoms with Crippen molar-refractivity contribution in [2.45, 2.75) is 31.1 Å². The van der Waals surface area contributed by atoms with Gasteiger partial charge in [0, 0.05) is 23.4 Å². The lowest BCUT2D eigenvalue weighted by Gasteiger charge is -2.26. The first-order chi connectivity index (χ1) is 12.5. The highest BCUT2D eigenvalue weighted by atomic mass is 32.2. The van der Waals surface area contributed by atoms with Crippen molar-refractivity contribution in [3.8, 4) is 11.5 Å². The molecule has 0 radical (unpaired) electrons. The largest absolute Gasteiger partial charge is 0.486 e. The van der Waals surface area contributed by atoms with Gasteiger partial charge in [-0.1, -0.05) is 18.7 Å². The summed E-state index contributed by atoms with van der Waals surface area (Å²) >= 11 is 1.38. The minimum Gasteiger partial charge on any atom is -0.486 e. The number of amidine groups is 1.